The highest BCUT2D eigenvalue weighted by Gasteiger charge is 2.45. The van der Waals surface area contributed by atoms with Gasteiger partial charge >= 0.3 is 0 Å². The number of rotatable bonds is 17. The van der Waals surface area contributed by atoms with Crippen LogP contribution in [0.15, 0.2) is 78.7 Å². The molecule has 2 fully saturated rings. The molecule has 5 amide bonds. The monoisotopic (exact) mass is 1050 g/mol. The maximum Gasteiger partial charge on any atom is 0.273 e. The number of aryl methyl sites for hydroxylation is 2. The Labute approximate surface area is 444 Å². The summed E-state index contributed by atoms with van der Waals surface area (Å²) in [4.78, 5) is 84.4. The smallest absolute Gasteiger partial charge is 0.273 e. The summed E-state index contributed by atoms with van der Waals surface area (Å²) in [5.74, 6) is 6.26. The van der Waals surface area contributed by atoms with Gasteiger partial charge in [-0.25, -0.2) is 15.0 Å². The van der Waals surface area contributed by atoms with E-state index in [1.165, 1.54) is 19.1 Å². The molecule has 4 atom stereocenters. The van der Waals surface area contributed by atoms with Crippen molar-refractivity contribution in [3.63, 3.8) is 0 Å². The van der Waals surface area contributed by atoms with Gasteiger partial charge in [0.1, 0.15) is 24.2 Å². The van der Waals surface area contributed by atoms with Gasteiger partial charge in [0, 0.05) is 70.8 Å². The second-order valence-electron chi connectivity index (χ2n) is 19.9. The Morgan fingerprint density at radius 2 is 1.70 bits per heavy atom. The van der Waals surface area contributed by atoms with Crippen LogP contribution in [0, 0.1) is 30.1 Å². The van der Waals surface area contributed by atoms with Crippen molar-refractivity contribution in [1.29, 1.82) is 0 Å². The molecule has 6 aromatic rings. The molecule has 21 nitrogen and oxygen atoms in total. The van der Waals surface area contributed by atoms with Crippen molar-refractivity contribution in [3.8, 4) is 39.4 Å². The molecule has 6 N–H and O–H groups in total. The van der Waals surface area contributed by atoms with Crippen LogP contribution in [0.25, 0.3) is 21.8 Å². The summed E-state index contributed by atoms with van der Waals surface area (Å²) >= 11 is 1.56. The first-order chi connectivity index (χ1) is 36.4. The van der Waals surface area contributed by atoms with Gasteiger partial charge in [-0.15, -0.1) is 21.5 Å². The quantitative estimate of drug-likeness (QED) is 0.0633. The molecule has 6 heterocycles. The maximum atomic E-state index is 14.2. The van der Waals surface area contributed by atoms with Gasteiger partial charge in [-0.05, 0) is 61.1 Å². The number of aliphatic hydroxyl groups excluding tert-OH is 1. The van der Waals surface area contributed by atoms with Crippen LogP contribution in [-0.4, -0.2) is 131 Å². The number of nitrogens with zero attached hydrogens (tertiary/aromatic N) is 9. The zero-order valence-electron chi connectivity index (χ0n) is 43.7. The van der Waals surface area contributed by atoms with E-state index in [-0.39, 0.29) is 67.6 Å². The van der Waals surface area contributed by atoms with E-state index >= 15 is 0 Å². The van der Waals surface area contributed by atoms with Crippen LogP contribution in [0.4, 0.5) is 23.0 Å². The number of methoxy groups -OCH3 is 1. The number of anilines is 4. The molecule has 2 aliphatic heterocycles. The molecule has 0 bridgehead atoms. The number of amides is 5. The maximum absolute atomic E-state index is 14.2. The summed E-state index contributed by atoms with van der Waals surface area (Å²) in [6.45, 7) is 10.2. The van der Waals surface area contributed by atoms with Crippen LogP contribution in [-0.2, 0) is 26.2 Å². The van der Waals surface area contributed by atoms with Crippen molar-refractivity contribution in [2.24, 2.45) is 18.4 Å². The first kappa shape index (κ1) is 54.0. The number of nitrogens with one attached hydrogen (secondary N) is 5. The van der Waals surface area contributed by atoms with Crippen molar-refractivity contribution in [1.82, 2.24) is 60.7 Å². The van der Waals surface area contributed by atoms with Gasteiger partial charge in [0.05, 0.1) is 58.2 Å². The van der Waals surface area contributed by atoms with Crippen LogP contribution >= 0.6 is 11.3 Å². The number of ether oxygens (including phenoxy) is 1. The Bertz CT molecular complexity index is 3160. The first-order valence-electron chi connectivity index (χ1n) is 24.9. The van der Waals surface area contributed by atoms with Gasteiger partial charge in [0.2, 0.25) is 23.6 Å². The van der Waals surface area contributed by atoms with Gasteiger partial charge < -0.3 is 46.2 Å². The number of hydrogen-bond acceptors (Lipinski definition) is 16. The Morgan fingerprint density at radius 3 is 2.36 bits per heavy atom. The number of thiazole rings is 1. The summed E-state index contributed by atoms with van der Waals surface area (Å²) in [6.07, 6.45) is 2.82. The molecule has 0 radical (unpaired) electrons. The average Bonchev–Trinajstić information content (AvgIpc) is 4.14. The number of hydrogen-bond donors (Lipinski definition) is 6. The van der Waals surface area contributed by atoms with E-state index in [0.29, 0.717) is 58.8 Å². The van der Waals surface area contributed by atoms with Crippen molar-refractivity contribution < 1.29 is 33.8 Å². The van der Waals surface area contributed by atoms with E-state index in [9.17, 15) is 29.1 Å². The Morgan fingerprint density at radius 1 is 0.921 bits per heavy atom. The summed E-state index contributed by atoms with van der Waals surface area (Å²) in [7, 11) is 4.81. The van der Waals surface area contributed by atoms with Crippen LogP contribution in [0.2, 0.25) is 0 Å². The highest BCUT2D eigenvalue weighted by atomic mass is 32.1. The van der Waals surface area contributed by atoms with Gasteiger partial charge in [0.25, 0.3) is 5.91 Å². The van der Waals surface area contributed by atoms with Crippen LogP contribution in [0.3, 0.4) is 0 Å². The lowest BCUT2D eigenvalue weighted by Gasteiger charge is -2.36. The van der Waals surface area contributed by atoms with Gasteiger partial charge in [-0.2, -0.15) is 5.10 Å². The summed E-state index contributed by atoms with van der Waals surface area (Å²) in [5.41, 5.74) is 6.23. The Hall–Kier alpha value is -8.29. The average molecular weight is 1050 g/mol. The lowest BCUT2D eigenvalue weighted by atomic mass is 9.85. The highest BCUT2D eigenvalue weighted by molar-refractivity contribution is 7.13. The minimum atomic E-state index is -0.981. The molecule has 0 spiro atoms. The zero-order valence-corrected chi connectivity index (χ0v) is 44.5. The fourth-order valence-electron chi connectivity index (χ4n) is 8.91. The SMILES string of the molecule is CNC(=O)c1nnc(Nc2ccc(C#CC3CN(C(=O)CCCC(=O)N[C@H](C(=O)N4C[C@H](O)C[C@H]4C(=O)N[C@@H](C)c4ccc(-c5scnc5C)cc4)C(C)(C)C)C3)cn2)cc1Nc1cccc(-c2ncn(C)n2)c1OC. The van der Waals surface area contributed by atoms with E-state index in [1.807, 2.05) is 76.5 Å². The summed E-state index contributed by atoms with van der Waals surface area (Å²) < 4.78 is 7.34. The number of pyridine rings is 1. The third-order valence-corrected chi connectivity index (χ3v) is 14.1. The standard InChI is InChI=1S/C54H62N14O7S/c1-31(35-18-20-36(21-19-35)48-32(2)58-30-76-48)59-51(72)41-23-37(69)28-68(41)53(74)49(54(3,4)5)62-44(70)13-10-14-45(71)67-26-34(27-67)16-15-33-17-22-42(56-25-33)61-43-24-40(46(64-63-43)52(73)55-6)60-39-12-9-11-38(47(39)75-8)50-57-29-66(7)65-50/h9,11-12,17-22,24-25,29-31,34,37,41,49,69H,10,13-14,23,26-28H2,1-8H3,(H,55,73)(H,59,72)(H,62,70)(H2,56,60,61,63)/t31-,37+,41-,49+/m0/s1. The fraction of sp³-hybridized carbons (Fsp3) is 0.389. The molecule has 396 valence electrons. The molecule has 4 aromatic heterocycles. The molecule has 76 heavy (non-hydrogen) atoms. The minimum Gasteiger partial charge on any atom is -0.494 e. The fourth-order valence-corrected chi connectivity index (χ4v) is 9.72. The zero-order chi connectivity index (χ0) is 54.3. The second kappa shape index (κ2) is 23.5. The topological polar surface area (TPSA) is 264 Å². The molecule has 2 aromatic carbocycles. The van der Waals surface area contributed by atoms with Crippen molar-refractivity contribution in [2.75, 3.05) is 44.4 Å². The number of aromatic nitrogens is 7. The molecular formula is C54H62N14O7S. The lowest BCUT2D eigenvalue weighted by Crippen LogP contribution is -2.57. The van der Waals surface area contributed by atoms with E-state index < -0.39 is 35.4 Å². The first-order valence-corrected chi connectivity index (χ1v) is 25.8. The molecule has 2 saturated heterocycles. The van der Waals surface area contributed by atoms with E-state index in [2.05, 4.69) is 68.7 Å². The van der Waals surface area contributed by atoms with Gasteiger partial charge in [0.15, 0.2) is 23.1 Å². The number of aliphatic hydroxyl groups is 1. The van der Waals surface area contributed by atoms with E-state index in [4.69, 9.17) is 4.74 Å². The third kappa shape index (κ3) is 12.8. The summed E-state index contributed by atoms with van der Waals surface area (Å²) in [6, 6.07) is 16.3. The molecule has 8 rings (SSSR count). The van der Waals surface area contributed by atoms with E-state index in [1.54, 1.807) is 64.8 Å². The normalized spacial score (nSPS) is 16.1. The molecule has 0 saturated carbocycles. The van der Waals surface area contributed by atoms with Crippen LogP contribution in [0.5, 0.6) is 5.75 Å². The number of benzene rings is 2. The molecule has 22 heteroatoms. The predicted octanol–water partition coefficient (Wildman–Crippen LogP) is 5.30. The largest absolute Gasteiger partial charge is 0.494 e. The molecule has 2 aliphatic rings. The summed E-state index contributed by atoms with van der Waals surface area (Å²) in [5, 5.41) is 38.4. The third-order valence-electron chi connectivity index (χ3n) is 13.1. The predicted molar refractivity (Wildman–Crippen MR) is 286 cm³/mol. The van der Waals surface area contributed by atoms with Crippen LogP contribution in [0.1, 0.15) is 86.7 Å². The molecule has 0 unspecified atom stereocenters. The lowest BCUT2D eigenvalue weighted by molar-refractivity contribution is -0.144. The number of likely N-dealkylation sites (tertiary alicyclic amines) is 2. The van der Waals surface area contributed by atoms with Crippen LogP contribution < -0.4 is 31.3 Å². The van der Waals surface area contributed by atoms with Crippen molar-refractivity contribution in [2.45, 2.75) is 84.5 Å². The van der Waals surface area contributed by atoms with Crippen molar-refractivity contribution in [3.05, 3.63) is 101 Å². The number of β-amino-alcohol motifs (C(OH)–C–C–N with tert-alkyl or cyclic N) is 1. The number of para-hydroxylation sites is 1. The minimum absolute atomic E-state index is 0.0208. The number of carbonyl (C=O) groups is 5. The van der Waals surface area contributed by atoms with Gasteiger partial charge in [-0.3, -0.25) is 28.7 Å². The van der Waals surface area contributed by atoms with E-state index in [0.717, 1.165) is 21.7 Å². The number of carbonyl (C=O) groups excluding carboxylic acids is 5. The molecular weight excluding hydrogens is 989 g/mol. The van der Waals surface area contributed by atoms with Gasteiger partial charge in [-0.1, -0.05) is 62.9 Å². The highest BCUT2D eigenvalue weighted by Crippen LogP contribution is 2.37. The Kier molecular flexibility index (Phi) is 16.7. The second-order valence-corrected chi connectivity index (χ2v) is 20.7. The molecule has 0 aliphatic carbocycles. The van der Waals surface area contributed by atoms with Crippen molar-refractivity contribution >= 4 is 63.9 Å². The Balaban J connectivity index is 0.792.